The summed E-state index contributed by atoms with van der Waals surface area (Å²) in [6.45, 7) is 10.4. The van der Waals surface area contributed by atoms with Gasteiger partial charge in [-0.3, -0.25) is 9.59 Å². The number of carbonyl (C=O) groups is 2. The second-order valence-electron chi connectivity index (χ2n) is 7.24. The van der Waals surface area contributed by atoms with Crippen molar-refractivity contribution in [2.75, 3.05) is 6.54 Å². The van der Waals surface area contributed by atoms with Crippen LogP contribution in [-0.2, 0) is 16.0 Å². The lowest BCUT2D eigenvalue weighted by molar-refractivity contribution is -0.141. The number of hydrogen-bond donors (Lipinski definition) is 1. The lowest BCUT2D eigenvalue weighted by Gasteiger charge is -2.33. The maximum absolute atomic E-state index is 12.6. The van der Waals surface area contributed by atoms with Crippen LogP contribution in [0.15, 0.2) is 30.3 Å². The summed E-state index contributed by atoms with van der Waals surface area (Å²) in [6.07, 6.45) is 2.65. The normalized spacial score (nSPS) is 12.5. The van der Waals surface area contributed by atoms with Gasteiger partial charge in [0, 0.05) is 18.5 Å². The SMILES string of the molecule is CCCC(=O)N(CCc1ccccc1)[C@H](CC)C(=O)NC(C)(C)C. The lowest BCUT2D eigenvalue weighted by Crippen LogP contribution is -2.54. The molecule has 0 fully saturated rings. The van der Waals surface area contributed by atoms with Gasteiger partial charge in [-0.1, -0.05) is 44.2 Å². The molecule has 0 unspecified atom stereocenters. The van der Waals surface area contributed by atoms with E-state index in [0.29, 0.717) is 19.4 Å². The van der Waals surface area contributed by atoms with E-state index in [-0.39, 0.29) is 17.4 Å². The second kappa shape index (κ2) is 9.45. The van der Waals surface area contributed by atoms with Gasteiger partial charge in [0.2, 0.25) is 11.8 Å². The molecule has 0 saturated carbocycles. The van der Waals surface area contributed by atoms with Crippen molar-refractivity contribution in [1.29, 1.82) is 0 Å². The summed E-state index contributed by atoms with van der Waals surface area (Å²) in [7, 11) is 0. The van der Waals surface area contributed by atoms with E-state index in [4.69, 9.17) is 0 Å². The van der Waals surface area contributed by atoms with E-state index in [1.54, 1.807) is 4.90 Å². The van der Waals surface area contributed by atoms with Gasteiger partial charge in [-0.15, -0.1) is 0 Å². The van der Waals surface area contributed by atoms with Crippen LogP contribution in [0.1, 0.15) is 59.4 Å². The molecule has 0 aliphatic heterocycles. The van der Waals surface area contributed by atoms with E-state index >= 15 is 0 Å². The highest BCUT2D eigenvalue weighted by molar-refractivity contribution is 5.88. The minimum absolute atomic E-state index is 0.0596. The number of nitrogens with zero attached hydrogens (tertiary/aromatic N) is 1. The Morgan fingerprint density at radius 1 is 1.12 bits per heavy atom. The minimum atomic E-state index is -0.410. The molecule has 0 saturated heterocycles. The van der Waals surface area contributed by atoms with Crippen LogP contribution in [0.25, 0.3) is 0 Å². The van der Waals surface area contributed by atoms with Crippen molar-refractivity contribution in [3.8, 4) is 0 Å². The largest absolute Gasteiger partial charge is 0.350 e. The Balaban J connectivity index is 2.89. The van der Waals surface area contributed by atoms with Crippen molar-refractivity contribution < 1.29 is 9.59 Å². The van der Waals surface area contributed by atoms with E-state index < -0.39 is 6.04 Å². The smallest absolute Gasteiger partial charge is 0.243 e. The van der Waals surface area contributed by atoms with Crippen LogP contribution >= 0.6 is 0 Å². The molecular formula is C20H32N2O2. The van der Waals surface area contributed by atoms with Gasteiger partial charge < -0.3 is 10.2 Å². The summed E-state index contributed by atoms with van der Waals surface area (Å²) in [5.41, 5.74) is 0.876. The third-order valence-corrected chi connectivity index (χ3v) is 3.83. The summed E-state index contributed by atoms with van der Waals surface area (Å²) < 4.78 is 0. The zero-order valence-electron chi connectivity index (χ0n) is 15.8. The van der Waals surface area contributed by atoms with Gasteiger partial charge in [0.05, 0.1) is 0 Å². The Bertz CT molecular complexity index is 520. The molecular weight excluding hydrogens is 300 g/mol. The number of nitrogens with one attached hydrogen (secondary N) is 1. The van der Waals surface area contributed by atoms with E-state index in [2.05, 4.69) is 17.4 Å². The molecule has 0 aliphatic rings. The number of amides is 2. The van der Waals surface area contributed by atoms with Crippen molar-refractivity contribution in [1.82, 2.24) is 10.2 Å². The summed E-state index contributed by atoms with van der Waals surface area (Å²) in [5, 5.41) is 3.01. The second-order valence-corrected chi connectivity index (χ2v) is 7.24. The Morgan fingerprint density at radius 3 is 2.25 bits per heavy atom. The molecule has 0 radical (unpaired) electrons. The maximum atomic E-state index is 12.6. The highest BCUT2D eigenvalue weighted by Gasteiger charge is 2.29. The molecule has 1 aromatic rings. The van der Waals surface area contributed by atoms with Crippen molar-refractivity contribution in [3.63, 3.8) is 0 Å². The van der Waals surface area contributed by atoms with Gasteiger partial charge in [0.1, 0.15) is 6.04 Å². The topological polar surface area (TPSA) is 49.4 Å². The first-order valence-corrected chi connectivity index (χ1v) is 8.94. The summed E-state index contributed by atoms with van der Waals surface area (Å²) in [4.78, 5) is 27.0. The highest BCUT2D eigenvalue weighted by Crippen LogP contribution is 2.13. The van der Waals surface area contributed by atoms with E-state index in [9.17, 15) is 9.59 Å². The van der Waals surface area contributed by atoms with Crippen LogP contribution in [0.3, 0.4) is 0 Å². The summed E-state index contributed by atoms with van der Waals surface area (Å²) in [5.74, 6) is -0.00754. The molecule has 1 rings (SSSR count). The van der Waals surface area contributed by atoms with Crippen LogP contribution in [0.2, 0.25) is 0 Å². The fourth-order valence-electron chi connectivity index (χ4n) is 2.71. The average Bonchev–Trinajstić information content (AvgIpc) is 2.50. The Hall–Kier alpha value is -1.84. The minimum Gasteiger partial charge on any atom is -0.350 e. The lowest BCUT2D eigenvalue weighted by atomic mass is 10.0. The average molecular weight is 332 g/mol. The van der Waals surface area contributed by atoms with Crippen molar-refractivity contribution in [2.45, 2.75) is 71.9 Å². The van der Waals surface area contributed by atoms with E-state index in [0.717, 1.165) is 12.8 Å². The predicted octanol–water partition coefficient (Wildman–Crippen LogP) is 3.55. The number of carbonyl (C=O) groups excluding carboxylic acids is 2. The summed E-state index contributed by atoms with van der Waals surface area (Å²) in [6, 6.07) is 9.67. The molecule has 134 valence electrons. The van der Waals surface area contributed by atoms with Crippen molar-refractivity contribution >= 4 is 11.8 Å². The monoisotopic (exact) mass is 332 g/mol. The zero-order chi connectivity index (χ0) is 18.2. The zero-order valence-corrected chi connectivity index (χ0v) is 15.8. The quantitative estimate of drug-likeness (QED) is 0.791. The van der Waals surface area contributed by atoms with Gasteiger partial charge in [-0.05, 0) is 45.6 Å². The third kappa shape index (κ3) is 6.73. The molecule has 0 aliphatic carbocycles. The first-order chi connectivity index (χ1) is 11.3. The maximum Gasteiger partial charge on any atom is 0.243 e. The van der Waals surface area contributed by atoms with E-state index in [1.807, 2.05) is 52.8 Å². The Morgan fingerprint density at radius 2 is 1.75 bits per heavy atom. The molecule has 0 heterocycles. The van der Waals surface area contributed by atoms with Crippen LogP contribution in [-0.4, -0.2) is 34.8 Å². The van der Waals surface area contributed by atoms with Crippen molar-refractivity contribution in [2.24, 2.45) is 0 Å². The first-order valence-electron chi connectivity index (χ1n) is 8.94. The molecule has 1 atom stereocenters. The molecule has 0 spiro atoms. The van der Waals surface area contributed by atoms with Crippen LogP contribution < -0.4 is 5.32 Å². The Kier molecular flexibility index (Phi) is 7.96. The fourth-order valence-corrected chi connectivity index (χ4v) is 2.71. The molecule has 4 heteroatoms. The molecule has 24 heavy (non-hydrogen) atoms. The number of rotatable bonds is 8. The fraction of sp³-hybridized carbons (Fsp3) is 0.600. The molecule has 4 nitrogen and oxygen atoms in total. The molecule has 2 amide bonds. The number of hydrogen-bond acceptors (Lipinski definition) is 2. The first kappa shape index (κ1) is 20.2. The predicted molar refractivity (Wildman–Crippen MR) is 98.7 cm³/mol. The third-order valence-electron chi connectivity index (χ3n) is 3.83. The van der Waals surface area contributed by atoms with Gasteiger partial charge in [0.25, 0.3) is 0 Å². The highest BCUT2D eigenvalue weighted by atomic mass is 16.2. The van der Waals surface area contributed by atoms with E-state index in [1.165, 1.54) is 5.56 Å². The Labute approximate surface area is 146 Å². The molecule has 0 bridgehead atoms. The summed E-state index contributed by atoms with van der Waals surface area (Å²) >= 11 is 0. The number of benzene rings is 1. The van der Waals surface area contributed by atoms with Crippen molar-refractivity contribution in [3.05, 3.63) is 35.9 Å². The van der Waals surface area contributed by atoms with Gasteiger partial charge in [-0.25, -0.2) is 0 Å². The van der Waals surface area contributed by atoms with Crippen LogP contribution in [0.4, 0.5) is 0 Å². The van der Waals surface area contributed by atoms with Gasteiger partial charge in [-0.2, -0.15) is 0 Å². The van der Waals surface area contributed by atoms with Crippen LogP contribution in [0.5, 0.6) is 0 Å². The van der Waals surface area contributed by atoms with Gasteiger partial charge >= 0.3 is 0 Å². The standard InChI is InChI=1S/C20H32N2O2/c1-6-11-18(23)22(15-14-16-12-9-8-10-13-16)17(7-2)19(24)21-20(3,4)5/h8-10,12-13,17H,6-7,11,14-15H2,1-5H3,(H,21,24)/t17-/m1/s1. The molecule has 0 aromatic heterocycles. The van der Waals surface area contributed by atoms with Gasteiger partial charge in [0.15, 0.2) is 0 Å². The van der Waals surface area contributed by atoms with Crippen LogP contribution in [0, 0.1) is 0 Å². The molecule has 1 aromatic carbocycles. The molecule has 1 N–H and O–H groups in total.